The molecule has 3 heterocycles. The molecule has 0 aliphatic carbocycles. The average molecular weight is 557 g/mol. The fraction of sp³-hybridized carbons (Fsp3) is 0.545. The Morgan fingerprint density at radius 2 is 1.47 bits per heavy atom. The summed E-state index contributed by atoms with van der Waals surface area (Å²) >= 11 is 0. The number of likely N-dealkylation sites (tertiary alicyclic amines) is 1. The number of carboxylic acids is 2. The van der Waals surface area contributed by atoms with E-state index < -0.39 is 24.3 Å². The minimum absolute atomic E-state index is 0.0850. The van der Waals surface area contributed by atoms with Gasteiger partial charge in [-0.15, -0.1) is 10.2 Å². The van der Waals surface area contributed by atoms with Gasteiger partial charge in [0.1, 0.15) is 17.5 Å². The summed E-state index contributed by atoms with van der Waals surface area (Å²) in [5.74, 6) is -3.53. The molecule has 1 aromatic carbocycles. The summed E-state index contributed by atoms with van der Waals surface area (Å²) in [5.41, 5.74) is 0.872. The highest BCUT2D eigenvalue weighted by Gasteiger charge is 2.43. The molecule has 16 heteroatoms. The smallest absolute Gasteiger partial charge is 0.475 e. The summed E-state index contributed by atoms with van der Waals surface area (Å²) < 4.78 is 79.7. The van der Waals surface area contributed by atoms with Crippen molar-refractivity contribution in [2.75, 3.05) is 26.7 Å². The van der Waals surface area contributed by atoms with Crippen molar-refractivity contribution in [2.45, 2.75) is 50.7 Å². The molecule has 1 saturated heterocycles. The van der Waals surface area contributed by atoms with Gasteiger partial charge in [0.2, 0.25) is 0 Å². The first-order valence-electron chi connectivity index (χ1n) is 11.1. The topological polar surface area (TPSA) is 112 Å². The third kappa shape index (κ3) is 8.11. The number of nitrogens with zero attached hydrogens (tertiary/aromatic N) is 5. The van der Waals surface area contributed by atoms with Crippen LogP contribution >= 0.6 is 0 Å². The molecule has 0 radical (unpaired) electrons. The molecule has 9 nitrogen and oxygen atoms in total. The van der Waals surface area contributed by atoms with Gasteiger partial charge in [-0.2, -0.15) is 26.3 Å². The number of piperidine rings is 1. The molecule has 1 fully saturated rings. The van der Waals surface area contributed by atoms with E-state index in [1.165, 1.54) is 0 Å². The van der Waals surface area contributed by atoms with Gasteiger partial charge in [0, 0.05) is 31.7 Å². The van der Waals surface area contributed by atoms with Crippen molar-refractivity contribution in [1.29, 1.82) is 0 Å². The fourth-order valence-corrected chi connectivity index (χ4v) is 4.37. The highest BCUT2D eigenvalue weighted by molar-refractivity contribution is 5.73. The summed E-state index contributed by atoms with van der Waals surface area (Å²) in [6.07, 6.45) is -8.06. The molecule has 1 aromatic heterocycles. The lowest BCUT2D eigenvalue weighted by Crippen LogP contribution is -2.55. The Morgan fingerprint density at radius 1 is 0.974 bits per heavy atom. The van der Waals surface area contributed by atoms with Crippen LogP contribution in [0.2, 0.25) is 0 Å². The van der Waals surface area contributed by atoms with Gasteiger partial charge in [0.15, 0.2) is 0 Å². The number of aromatic nitrogens is 3. The second-order valence-corrected chi connectivity index (χ2v) is 8.87. The number of alkyl halides is 6. The van der Waals surface area contributed by atoms with Crippen LogP contribution in [0, 0.1) is 12.7 Å². The minimum atomic E-state index is -5.08. The van der Waals surface area contributed by atoms with E-state index >= 15 is 0 Å². The number of benzene rings is 1. The first-order valence-corrected chi connectivity index (χ1v) is 11.1. The number of aryl methyl sites for hydroxylation is 1. The number of aliphatic carboxylic acids is 2. The van der Waals surface area contributed by atoms with E-state index in [2.05, 4.69) is 38.5 Å². The van der Waals surface area contributed by atoms with E-state index in [0.29, 0.717) is 6.54 Å². The molecule has 2 N–H and O–H groups in total. The molecule has 4 rings (SSSR count). The maximum absolute atomic E-state index is 13.9. The van der Waals surface area contributed by atoms with Crippen molar-refractivity contribution in [1.82, 2.24) is 24.6 Å². The van der Waals surface area contributed by atoms with Crippen molar-refractivity contribution < 1.29 is 50.5 Å². The second kappa shape index (κ2) is 12.1. The quantitative estimate of drug-likeness (QED) is 0.541. The summed E-state index contributed by atoms with van der Waals surface area (Å²) in [4.78, 5) is 22.5. The Morgan fingerprint density at radius 3 is 1.95 bits per heavy atom. The summed E-state index contributed by atoms with van der Waals surface area (Å²) in [6.45, 7) is 6.58. The van der Waals surface area contributed by atoms with Crippen molar-refractivity contribution >= 4 is 11.9 Å². The fourth-order valence-electron chi connectivity index (χ4n) is 4.37. The summed E-state index contributed by atoms with van der Waals surface area (Å²) in [5, 5.41) is 22.9. The first kappa shape index (κ1) is 31.0. The van der Waals surface area contributed by atoms with Crippen LogP contribution in [-0.2, 0) is 28.2 Å². The van der Waals surface area contributed by atoms with Gasteiger partial charge < -0.3 is 14.8 Å². The number of rotatable bonds is 2. The third-order valence-corrected chi connectivity index (χ3v) is 5.97. The SMILES string of the molecule is Cc1nnc2n1C1(CCN(Cc3ccccc3F)CC1)CN(C)C2.O=C(O)C(F)(F)F.O=C(O)C(F)(F)F. The van der Waals surface area contributed by atoms with Crippen LogP contribution in [0.5, 0.6) is 0 Å². The van der Waals surface area contributed by atoms with Crippen LogP contribution in [0.3, 0.4) is 0 Å². The lowest BCUT2D eigenvalue weighted by Gasteiger charge is -2.48. The molecular formula is C22H26F7N5O4. The molecule has 212 valence electrons. The predicted molar refractivity (Wildman–Crippen MR) is 117 cm³/mol. The van der Waals surface area contributed by atoms with Gasteiger partial charge in [-0.25, -0.2) is 14.0 Å². The zero-order chi connectivity index (χ0) is 28.9. The molecule has 0 atom stereocenters. The molecule has 0 unspecified atom stereocenters. The number of halogens is 7. The standard InChI is InChI=1S/C18H24FN5.2C2HF3O2/c1-14-20-21-17-12-22(2)13-18(24(14)17)7-9-23(10-8-18)11-15-5-3-4-6-16(15)19;2*3-2(4,5)1(6)7/h3-6H,7-13H2,1-2H3;2*(H,6,7). The Labute approximate surface area is 212 Å². The van der Waals surface area contributed by atoms with Crippen LogP contribution in [0.1, 0.15) is 30.1 Å². The van der Waals surface area contributed by atoms with Crippen LogP contribution in [0.25, 0.3) is 0 Å². The Balaban J connectivity index is 0.000000301. The highest BCUT2D eigenvalue weighted by atomic mass is 19.4. The van der Waals surface area contributed by atoms with E-state index in [4.69, 9.17) is 19.8 Å². The van der Waals surface area contributed by atoms with Gasteiger partial charge in [0.05, 0.1) is 12.1 Å². The molecule has 2 aliphatic heterocycles. The van der Waals surface area contributed by atoms with Gasteiger partial charge in [0.25, 0.3) is 0 Å². The maximum atomic E-state index is 13.9. The highest BCUT2D eigenvalue weighted by Crippen LogP contribution is 2.36. The van der Waals surface area contributed by atoms with Crippen LogP contribution < -0.4 is 0 Å². The molecule has 2 aliphatic rings. The van der Waals surface area contributed by atoms with Crippen LogP contribution in [0.15, 0.2) is 24.3 Å². The Bertz CT molecular complexity index is 1090. The zero-order valence-corrected chi connectivity index (χ0v) is 20.4. The third-order valence-electron chi connectivity index (χ3n) is 5.97. The molecular weight excluding hydrogens is 531 g/mol. The number of hydrogen-bond donors (Lipinski definition) is 2. The van der Waals surface area contributed by atoms with Gasteiger partial charge >= 0.3 is 24.3 Å². The van der Waals surface area contributed by atoms with E-state index in [1.54, 1.807) is 12.1 Å². The lowest BCUT2D eigenvalue weighted by atomic mass is 9.84. The minimum Gasteiger partial charge on any atom is -0.475 e. The van der Waals surface area contributed by atoms with Crippen molar-refractivity contribution in [2.24, 2.45) is 0 Å². The van der Waals surface area contributed by atoms with E-state index in [1.807, 2.05) is 12.1 Å². The summed E-state index contributed by atoms with van der Waals surface area (Å²) in [7, 11) is 2.15. The van der Waals surface area contributed by atoms with Crippen molar-refractivity contribution in [3.63, 3.8) is 0 Å². The van der Waals surface area contributed by atoms with E-state index in [-0.39, 0.29) is 11.4 Å². The molecule has 1 spiro atoms. The first-order chi connectivity index (χ1) is 17.5. The largest absolute Gasteiger partial charge is 0.490 e. The zero-order valence-electron chi connectivity index (χ0n) is 20.4. The molecule has 0 bridgehead atoms. The Hall–Kier alpha value is -3.27. The second-order valence-electron chi connectivity index (χ2n) is 8.87. The molecule has 0 amide bonds. The maximum Gasteiger partial charge on any atom is 0.490 e. The monoisotopic (exact) mass is 557 g/mol. The van der Waals surface area contributed by atoms with Crippen molar-refractivity contribution in [3.8, 4) is 0 Å². The molecule has 2 aromatic rings. The molecule has 0 saturated carbocycles. The number of hydrogen-bond acceptors (Lipinski definition) is 6. The van der Waals surface area contributed by atoms with Gasteiger partial charge in [-0.1, -0.05) is 18.2 Å². The number of carboxylic acid groups (broad SMARTS) is 2. The number of likely N-dealkylation sites (N-methyl/N-ethyl adjacent to an activating group) is 1. The van der Waals surface area contributed by atoms with Crippen molar-refractivity contribution in [3.05, 3.63) is 47.3 Å². The Kier molecular flexibility index (Phi) is 9.83. The molecule has 38 heavy (non-hydrogen) atoms. The summed E-state index contributed by atoms with van der Waals surface area (Å²) in [6, 6.07) is 7.09. The van der Waals surface area contributed by atoms with E-state index in [0.717, 1.165) is 56.2 Å². The van der Waals surface area contributed by atoms with Gasteiger partial charge in [-0.05, 0) is 32.9 Å². The van der Waals surface area contributed by atoms with Crippen LogP contribution in [-0.4, -0.2) is 85.8 Å². The normalized spacial score (nSPS) is 17.5. The average Bonchev–Trinajstić information content (AvgIpc) is 3.17. The lowest BCUT2D eigenvalue weighted by molar-refractivity contribution is -0.193. The number of carbonyl (C=O) groups is 2. The van der Waals surface area contributed by atoms with Crippen LogP contribution in [0.4, 0.5) is 30.7 Å². The van der Waals surface area contributed by atoms with E-state index in [9.17, 15) is 30.7 Å². The predicted octanol–water partition coefficient (Wildman–Crippen LogP) is 3.43. The van der Waals surface area contributed by atoms with Gasteiger partial charge in [-0.3, -0.25) is 9.80 Å². The number of fused-ring (bicyclic) bond motifs is 2.